The average Bonchev–Trinajstić information content (AvgIpc) is 2.95. The molecule has 1 aromatic heterocycles. The molecule has 10 heteroatoms. The third-order valence-corrected chi connectivity index (χ3v) is 4.26. The Morgan fingerprint density at radius 1 is 1.19 bits per heavy atom. The van der Waals surface area contributed by atoms with Crippen LogP contribution in [0.15, 0.2) is 45.6 Å². The van der Waals surface area contributed by atoms with E-state index in [1.807, 2.05) is 0 Å². The fraction of sp³-hybridized carbons (Fsp3) is 0.176. The molecule has 0 amide bonds. The quantitative estimate of drug-likeness (QED) is 0.605. The van der Waals surface area contributed by atoms with E-state index in [0.29, 0.717) is 16.3 Å². The first kappa shape index (κ1) is 19.3. The molecule has 2 aromatic carbocycles. The summed E-state index contributed by atoms with van der Waals surface area (Å²) in [4.78, 5) is 12.1. The lowest BCUT2D eigenvalue weighted by atomic mass is 10.1. The number of alkyl halides is 3. The number of ether oxygens (including phenoxy) is 1. The summed E-state index contributed by atoms with van der Waals surface area (Å²) in [5, 5.41) is 4.34. The minimum Gasteiger partial charge on any atom is -0.496 e. The lowest BCUT2D eigenvalue weighted by molar-refractivity contribution is -0.137. The summed E-state index contributed by atoms with van der Waals surface area (Å²) in [7, 11) is 1.45. The minimum absolute atomic E-state index is 0.0308. The molecule has 0 fully saturated rings. The third kappa shape index (κ3) is 4.12. The van der Waals surface area contributed by atoms with Crippen LogP contribution >= 0.6 is 23.2 Å². The van der Waals surface area contributed by atoms with E-state index in [4.69, 9.17) is 32.4 Å². The number of rotatable bonds is 4. The molecule has 0 saturated carbocycles. The van der Waals surface area contributed by atoms with Gasteiger partial charge in [0.15, 0.2) is 0 Å². The van der Waals surface area contributed by atoms with Crippen LogP contribution in [0.4, 0.5) is 13.2 Å². The van der Waals surface area contributed by atoms with Crippen molar-refractivity contribution < 1.29 is 22.3 Å². The second kappa shape index (κ2) is 7.28. The molecule has 0 aliphatic rings. The van der Waals surface area contributed by atoms with Crippen LogP contribution in [0.5, 0.6) is 5.75 Å². The van der Waals surface area contributed by atoms with E-state index in [9.17, 15) is 18.0 Å². The lowest BCUT2D eigenvalue weighted by Crippen LogP contribution is -2.17. The fourth-order valence-electron chi connectivity index (χ4n) is 2.41. The van der Waals surface area contributed by atoms with E-state index in [1.54, 1.807) is 18.2 Å². The van der Waals surface area contributed by atoms with Crippen LogP contribution in [-0.2, 0) is 12.7 Å². The summed E-state index contributed by atoms with van der Waals surface area (Å²) >= 11 is 11.9. The van der Waals surface area contributed by atoms with Gasteiger partial charge in [-0.2, -0.15) is 17.9 Å². The predicted molar refractivity (Wildman–Crippen MR) is 93.3 cm³/mol. The van der Waals surface area contributed by atoms with Crippen molar-refractivity contribution in [1.29, 1.82) is 0 Å². The van der Waals surface area contributed by atoms with E-state index in [-0.39, 0.29) is 23.0 Å². The van der Waals surface area contributed by atoms with Crippen LogP contribution in [0.3, 0.4) is 0 Å². The monoisotopic (exact) mass is 418 g/mol. The van der Waals surface area contributed by atoms with Crippen molar-refractivity contribution in [2.45, 2.75) is 12.7 Å². The van der Waals surface area contributed by atoms with Crippen LogP contribution in [0.1, 0.15) is 11.1 Å². The Bertz CT molecular complexity index is 1040. The van der Waals surface area contributed by atoms with Crippen molar-refractivity contribution >= 4 is 23.2 Å². The molecule has 142 valence electrons. The van der Waals surface area contributed by atoms with Gasteiger partial charge in [0.1, 0.15) is 5.75 Å². The van der Waals surface area contributed by atoms with Gasteiger partial charge in [0.25, 0.3) is 5.89 Å². The number of hydrogen-bond acceptors (Lipinski definition) is 4. The first-order valence-electron chi connectivity index (χ1n) is 7.46. The van der Waals surface area contributed by atoms with Crippen LogP contribution < -0.4 is 10.5 Å². The molecule has 0 spiro atoms. The number of hydrogen-bond donors (Lipinski definition) is 0. The number of methoxy groups -OCH3 is 1. The zero-order valence-electron chi connectivity index (χ0n) is 13.7. The number of aromatic nitrogens is 2. The molecule has 0 aliphatic heterocycles. The van der Waals surface area contributed by atoms with Gasteiger partial charge in [-0.15, -0.1) is 5.10 Å². The van der Waals surface area contributed by atoms with Gasteiger partial charge in [0, 0.05) is 10.6 Å². The fourth-order valence-corrected chi connectivity index (χ4v) is 2.81. The van der Waals surface area contributed by atoms with E-state index >= 15 is 0 Å². The molecule has 1 heterocycles. The molecule has 0 radical (unpaired) electrons. The molecule has 3 aromatic rings. The van der Waals surface area contributed by atoms with E-state index in [1.165, 1.54) is 7.11 Å². The van der Waals surface area contributed by atoms with Gasteiger partial charge in [0.05, 0.1) is 29.8 Å². The normalized spacial score (nSPS) is 11.6. The number of benzene rings is 2. The Hall–Kier alpha value is -2.45. The van der Waals surface area contributed by atoms with Crippen LogP contribution in [0, 0.1) is 0 Å². The molecule has 3 rings (SSSR count). The predicted octanol–water partition coefficient (Wildman–Crippen LogP) is 4.89. The molecule has 0 N–H and O–H groups in total. The topological polar surface area (TPSA) is 57.3 Å². The van der Waals surface area contributed by atoms with Crippen LogP contribution in [0.2, 0.25) is 10.0 Å². The molecule has 0 bridgehead atoms. The SMILES string of the molecule is COc1ccc(Cl)cc1Cn1nc(-c2cc(C(F)(F)F)ccc2Cl)oc1=O. The van der Waals surface area contributed by atoms with E-state index in [2.05, 4.69) is 5.10 Å². The Balaban J connectivity index is 2.01. The third-order valence-electron chi connectivity index (χ3n) is 3.69. The van der Waals surface area contributed by atoms with E-state index in [0.717, 1.165) is 22.9 Å². The maximum absolute atomic E-state index is 12.9. The van der Waals surface area contributed by atoms with Gasteiger partial charge in [-0.25, -0.2) is 4.79 Å². The summed E-state index contributed by atoms with van der Waals surface area (Å²) in [6.07, 6.45) is -4.57. The molecular weight excluding hydrogens is 408 g/mol. The van der Waals surface area contributed by atoms with Gasteiger partial charge in [0.2, 0.25) is 0 Å². The first-order chi connectivity index (χ1) is 12.7. The minimum atomic E-state index is -4.57. The van der Waals surface area contributed by atoms with Crippen molar-refractivity contribution in [2.24, 2.45) is 0 Å². The van der Waals surface area contributed by atoms with E-state index < -0.39 is 17.5 Å². The van der Waals surface area contributed by atoms with Crippen molar-refractivity contribution in [3.63, 3.8) is 0 Å². The smallest absolute Gasteiger partial charge is 0.437 e. The van der Waals surface area contributed by atoms with Crippen molar-refractivity contribution in [2.75, 3.05) is 7.11 Å². The Morgan fingerprint density at radius 3 is 2.59 bits per heavy atom. The molecule has 0 unspecified atom stereocenters. The summed E-state index contributed by atoms with van der Waals surface area (Å²) < 4.78 is 49.9. The molecule has 27 heavy (non-hydrogen) atoms. The second-order valence-electron chi connectivity index (χ2n) is 5.48. The number of nitrogens with zero attached hydrogens (tertiary/aromatic N) is 2. The second-order valence-corrected chi connectivity index (χ2v) is 6.32. The summed E-state index contributed by atoms with van der Waals surface area (Å²) in [6, 6.07) is 7.49. The van der Waals surface area contributed by atoms with Gasteiger partial charge < -0.3 is 9.15 Å². The van der Waals surface area contributed by atoms with Crippen molar-refractivity contribution in [3.8, 4) is 17.2 Å². The molecule has 0 atom stereocenters. The summed E-state index contributed by atoms with van der Waals surface area (Å²) in [5.41, 5.74) is -0.530. The highest BCUT2D eigenvalue weighted by molar-refractivity contribution is 6.33. The summed E-state index contributed by atoms with van der Waals surface area (Å²) in [6.45, 7) is -0.0529. The lowest BCUT2D eigenvalue weighted by Gasteiger charge is -2.08. The maximum atomic E-state index is 12.9. The summed E-state index contributed by atoms with van der Waals surface area (Å²) in [5.74, 6) is -0.717. The van der Waals surface area contributed by atoms with Gasteiger partial charge in [-0.3, -0.25) is 0 Å². The van der Waals surface area contributed by atoms with Gasteiger partial charge >= 0.3 is 11.9 Å². The average molecular weight is 419 g/mol. The molecular formula is C17H11Cl2F3N2O3. The van der Waals surface area contributed by atoms with Crippen molar-refractivity contribution in [3.05, 3.63) is 68.1 Å². The maximum Gasteiger partial charge on any atom is 0.437 e. The zero-order valence-corrected chi connectivity index (χ0v) is 15.2. The highest BCUT2D eigenvalue weighted by atomic mass is 35.5. The molecule has 0 aliphatic carbocycles. The molecule has 5 nitrogen and oxygen atoms in total. The Labute approximate surface area is 160 Å². The van der Waals surface area contributed by atoms with Gasteiger partial charge in [-0.05, 0) is 36.4 Å². The first-order valence-corrected chi connectivity index (χ1v) is 8.22. The Kier molecular flexibility index (Phi) is 5.21. The standard InChI is InChI=1S/C17H11Cl2F3N2O3/c1-26-14-5-3-11(18)6-9(14)8-24-16(25)27-15(23-24)12-7-10(17(20,21)22)2-4-13(12)19/h2-7H,8H2,1H3. The highest BCUT2D eigenvalue weighted by Crippen LogP contribution is 2.35. The highest BCUT2D eigenvalue weighted by Gasteiger charge is 2.31. The van der Waals surface area contributed by atoms with Crippen molar-refractivity contribution in [1.82, 2.24) is 9.78 Å². The Morgan fingerprint density at radius 2 is 1.93 bits per heavy atom. The molecule has 0 saturated heterocycles. The van der Waals surface area contributed by atoms with Gasteiger partial charge in [-0.1, -0.05) is 23.2 Å². The van der Waals surface area contributed by atoms with Crippen LogP contribution in [0.25, 0.3) is 11.5 Å². The zero-order chi connectivity index (χ0) is 19.8. The largest absolute Gasteiger partial charge is 0.496 e. The number of halogens is 5. The van der Waals surface area contributed by atoms with Crippen LogP contribution in [-0.4, -0.2) is 16.9 Å².